The molecule has 4 rings (SSSR count). The van der Waals surface area contributed by atoms with Crippen LogP contribution in [-0.2, 0) is 6.61 Å². The van der Waals surface area contributed by atoms with E-state index in [-0.39, 0.29) is 5.91 Å². The second-order valence-electron chi connectivity index (χ2n) is 7.44. The maximum atomic E-state index is 13.0. The summed E-state index contributed by atoms with van der Waals surface area (Å²) in [5, 5.41) is 0. The molecule has 27 heavy (non-hydrogen) atoms. The molecular weight excluding hydrogens is 338 g/mol. The largest absolute Gasteiger partial charge is 0.487 e. The molecule has 0 saturated carbocycles. The summed E-state index contributed by atoms with van der Waals surface area (Å²) in [6, 6.07) is 13.6. The van der Waals surface area contributed by atoms with Crippen LogP contribution in [-0.4, -0.2) is 52.9 Å². The van der Waals surface area contributed by atoms with Gasteiger partial charge in [-0.2, -0.15) is 0 Å². The lowest BCUT2D eigenvalue weighted by atomic mass is 10.1. The zero-order valence-electron chi connectivity index (χ0n) is 15.7. The first-order valence-corrected chi connectivity index (χ1v) is 9.96. The lowest BCUT2D eigenvalue weighted by Gasteiger charge is -2.28. The zero-order valence-corrected chi connectivity index (χ0v) is 15.7. The number of hydrogen-bond donors (Lipinski definition) is 0. The van der Waals surface area contributed by atoms with E-state index in [4.69, 9.17) is 4.74 Å². The second kappa shape index (κ2) is 8.53. The maximum Gasteiger partial charge on any atom is 0.254 e. The van der Waals surface area contributed by atoms with Crippen LogP contribution in [0.15, 0.2) is 48.7 Å². The lowest BCUT2D eigenvalue weighted by molar-refractivity contribution is 0.0708. The Balaban J connectivity index is 1.35. The molecule has 142 valence electrons. The number of likely N-dealkylation sites (tertiary alicyclic amines) is 2. The highest BCUT2D eigenvalue weighted by atomic mass is 16.5. The Hall–Kier alpha value is -2.40. The molecule has 5 nitrogen and oxygen atoms in total. The van der Waals surface area contributed by atoms with Crippen molar-refractivity contribution < 1.29 is 9.53 Å². The van der Waals surface area contributed by atoms with Crippen molar-refractivity contribution in [2.24, 2.45) is 0 Å². The summed E-state index contributed by atoms with van der Waals surface area (Å²) in [7, 11) is 0. The Labute approximate surface area is 161 Å². The average Bonchev–Trinajstić information content (AvgIpc) is 3.40. The van der Waals surface area contributed by atoms with Gasteiger partial charge >= 0.3 is 0 Å². The molecule has 5 heteroatoms. The molecule has 2 saturated heterocycles. The first-order chi connectivity index (χ1) is 13.3. The SMILES string of the molecule is O=C(c1ccc(OCc2ccccn2)cc1)N1CCC[C@H]1CN1CCCC1. The molecule has 0 aliphatic carbocycles. The van der Waals surface area contributed by atoms with E-state index >= 15 is 0 Å². The van der Waals surface area contributed by atoms with Crippen molar-refractivity contribution in [2.45, 2.75) is 38.3 Å². The normalized spacial score (nSPS) is 20.1. The molecule has 0 spiro atoms. The van der Waals surface area contributed by atoms with E-state index in [1.165, 1.54) is 25.9 Å². The minimum Gasteiger partial charge on any atom is -0.487 e. The van der Waals surface area contributed by atoms with E-state index in [2.05, 4.69) is 14.8 Å². The predicted molar refractivity (Wildman–Crippen MR) is 105 cm³/mol. The number of benzene rings is 1. The molecule has 2 fully saturated rings. The number of rotatable bonds is 6. The summed E-state index contributed by atoms with van der Waals surface area (Å²) in [6.07, 6.45) is 6.57. The van der Waals surface area contributed by atoms with Gasteiger partial charge in [-0.3, -0.25) is 9.78 Å². The van der Waals surface area contributed by atoms with Gasteiger partial charge in [0.2, 0.25) is 0 Å². The number of aromatic nitrogens is 1. The van der Waals surface area contributed by atoms with E-state index in [1.807, 2.05) is 42.5 Å². The summed E-state index contributed by atoms with van der Waals surface area (Å²) in [5.41, 5.74) is 1.63. The molecule has 1 aromatic heterocycles. The van der Waals surface area contributed by atoms with Crippen LogP contribution in [0.2, 0.25) is 0 Å². The minimum absolute atomic E-state index is 0.146. The summed E-state index contributed by atoms with van der Waals surface area (Å²) in [6.45, 7) is 4.69. The molecule has 2 aromatic rings. The Morgan fingerprint density at radius 1 is 1.04 bits per heavy atom. The van der Waals surface area contributed by atoms with Gasteiger partial charge < -0.3 is 14.5 Å². The van der Waals surface area contributed by atoms with Gasteiger partial charge in [-0.25, -0.2) is 0 Å². The van der Waals surface area contributed by atoms with Crippen LogP contribution in [0.25, 0.3) is 0 Å². The second-order valence-corrected chi connectivity index (χ2v) is 7.44. The zero-order chi connectivity index (χ0) is 18.5. The third kappa shape index (κ3) is 4.48. The van der Waals surface area contributed by atoms with E-state index < -0.39 is 0 Å². The van der Waals surface area contributed by atoms with Crippen molar-refractivity contribution in [1.29, 1.82) is 0 Å². The fourth-order valence-corrected chi connectivity index (χ4v) is 4.06. The van der Waals surface area contributed by atoms with Crippen LogP contribution in [0.4, 0.5) is 0 Å². The molecule has 1 atom stereocenters. The predicted octanol–water partition coefficient (Wildman–Crippen LogP) is 3.36. The quantitative estimate of drug-likeness (QED) is 0.787. The van der Waals surface area contributed by atoms with Gasteiger partial charge in [-0.1, -0.05) is 6.07 Å². The molecule has 1 aromatic carbocycles. The van der Waals surface area contributed by atoms with Crippen LogP contribution in [0.3, 0.4) is 0 Å². The molecule has 2 aliphatic heterocycles. The van der Waals surface area contributed by atoms with E-state index in [1.54, 1.807) is 6.20 Å². The van der Waals surface area contributed by atoms with Crippen LogP contribution < -0.4 is 4.74 Å². The van der Waals surface area contributed by atoms with Crippen LogP contribution in [0.5, 0.6) is 5.75 Å². The van der Waals surface area contributed by atoms with Crippen molar-refractivity contribution in [3.63, 3.8) is 0 Å². The van der Waals surface area contributed by atoms with Crippen LogP contribution >= 0.6 is 0 Å². The molecule has 2 aliphatic rings. The Bertz CT molecular complexity index is 742. The van der Waals surface area contributed by atoms with Gasteiger partial charge in [0.25, 0.3) is 5.91 Å². The summed E-state index contributed by atoms with van der Waals surface area (Å²) < 4.78 is 5.77. The first-order valence-electron chi connectivity index (χ1n) is 9.96. The number of ether oxygens (including phenoxy) is 1. The molecule has 1 amide bonds. The number of amides is 1. The molecule has 0 radical (unpaired) electrons. The highest BCUT2D eigenvalue weighted by Gasteiger charge is 2.31. The standard InChI is InChI=1S/C22H27N3O2/c26-22(25-15-5-7-20(25)16-24-13-3-4-14-24)18-8-10-21(11-9-18)27-17-19-6-1-2-12-23-19/h1-2,6,8-12,20H,3-5,7,13-17H2/t20-/m0/s1. The van der Waals surface area contributed by atoms with Crippen molar-refractivity contribution >= 4 is 5.91 Å². The summed E-state index contributed by atoms with van der Waals surface area (Å²) >= 11 is 0. The third-order valence-electron chi connectivity index (χ3n) is 5.52. The summed E-state index contributed by atoms with van der Waals surface area (Å²) in [4.78, 5) is 21.8. The Kier molecular flexibility index (Phi) is 5.68. The highest BCUT2D eigenvalue weighted by molar-refractivity contribution is 5.94. The minimum atomic E-state index is 0.146. The Morgan fingerprint density at radius 2 is 1.85 bits per heavy atom. The first kappa shape index (κ1) is 18.0. The fourth-order valence-electron chi connectivity index (χ4n) is 4.06. The van der Waals surface area contributed by atoms with Crippen molar-refractivity contribution in [1.82, 2.24) is 14.8 Å². The van der Waals surface area contributed by atoms with Crippen molar-refractivity contribution in [2.75, 3.05) is 26.2 Å². The number of hydrogen-bond acceptors (Lipinski definition) is 4. The van der Waals surface area contributed by atoms with E-state index in [9.17, 15) is 4.79 Å². The number of carbonyl (C=O) groups excluding carboxylic acids is 1. The molecule has 3 heterocycles. The van der Waals surface area contributed by atoms with Gasteiger partial charge in [0.15, 0.2) is 0 Å². The molecule has 0 N–H and O–H groups in total. The van der Waals surface area contributed by atoms with Crippen molar-refractivity contribution in [3.05, 3.63) is 59.9 Å². The van der Waals surface area contributed by atoms with Gasteiger partial charge in [-0.15, -0.1) is 0 Å². The van der Waals surface area contributed by atoms with Crippen molar-refractivity contribution in [3.8, 4) is 5.75 Å². The fraction of sp³-hybridized carbons (Fsp3) is 0.455. The van der Waals surface area contributed by atoms with Gasteiger partial charge in [0, 0.05) is 30.9 Å². The third-order valence-corrected chi connectivity index (χ3v) is 5.52. The maximum absolute atomic E-state index is 13.0. The highest BCUT2D eigenvalue weighted by Crippen LogP contribution is 2.23. The van der Waals surface area contributed by atoms with E-state index in [0.29, 0.717) is 12.6 Å². The van der Waals surface area contributed by atoms with E-state index in [0.717, 1.165) is 42.9 Å². The summed E-state index contributed by atoms with van der Waals surface area (Å²) in [5.74, 6) is 0.903. The number of carbonyl (C=O) groups is 1. The molecule has 0 bridgehead atoms. The average molecular weight is 365 g/mol. The monoisotopic (exact) mass is 365 g/mol. The number of nitrogens with zero attached hydrogens (tertiary/aromatic N) is 3. The number of pyridine rings is 1. The Morgan fingerprint density at radius 3 is 2.59 bits per heavy atom. The van der Waals surface area contributed by atoms with Gasteiger partial charge in [0.05, 0.1) is 5.69 Å². The van der Waals surface area contributed by atoms with Gasteiger partial charge in [0.1, 0.15) is 12.4 Å². The topological polar surface area (TPSA) is 45.7 Å². The lowest BCUT2D eigenvalue weighted by Crippen LogP contribution is -2.42. The molecular formula is C22H27N3O2. The van der Waals surface area contributed by atoms with Crippen LogP contribution in [0, 0.1) is 0 Å². The van der Waals surface area contributed by atoms with Crippen LogP contribution in [0.1, 0.15) is 41.7 Å². The van der Waals surface area contributed by atoms with Gasteiger partial charge in [-0.05, 0) is 75.2 Å². The molecule has 0 unspecified atom stereocenters. The smallest absolute Gasteiger partial charge is 0.254 e.